The SMILES string of the molecule is NC(c1ccsc1)C(C(=O)O)c1ccccc1. The molecule has 0 bridgehead atoms. The largest absolute Gasteiger partial charge is 0.481 e. The molecule has 0 aliphatic rings. The Hall–Kier alpha value is -1.65. The second-order valence-corrected chi connectivity index (χ2v) is 4.59. The maximum Gasteiger partial charge on any atom is 0.312 e. The van der Waals surface area contributed by atoms with Gasteiger partial charge in [0.2, 0.25) is 0 Å². The average molecular weight is 247 g/mol. The molecule has 1 heterocycles. The van der Waals surface area contributed by atoms with Crippen molar-refractivity contribution in [3.05, 3.63) is 58.3 Å². The number of carboxylic acids is 1. The molecular formula is C13H13NO2S. The Bertz CT molecular complexity index is 481. The Kier molecular flexibility index (Phi) is 3.56. The predicted octanol–water partition coefficient (Wildman–Crippen LogP) is 2.62. The highest BCUT2D eigenvalue weighted by Gasteiger charge is 2.28. The monoisotopic (exact) mass is 247 g/mol. The molecule has 2 atom stereocenters. The van der Waals surface area contributed by atoms with Gasteiger partial charge in [-0.1, -0.05) is 30.3 Å². The van der Waals surface area contributed by atoms with E-state index in [0.717, 1.165) is 11.1 Å². The minimum atomic E-state index is -0.894. The molecule has 2 rings (SSSR count). The van der Waals surface area contributed by atoms with E-state index in [2.05, 4.69) is 0 Å². The summed E-state index contributed by atoms with van der Waals surface area (Å²) in [4.78, 5) is 11.4. The van der Waals surface area contributed by atoms with Crippen LogP contribution in [0.4, 0.5) is 0 Å². The lowest BCUT2D eigenvalue weighted by Gasteiger charge is -2.19. The average Bonchev–Trinajstić information content (AvgIpc) is 2.83. The van der Waals surface area contributed by atoms with Gasteiger partial charge in [-0.2, -0.15) is 11.3 Å². The molecule has 0 aliphatic carbocycles. The number of aliphatic carboxylic acids is 1. The van der Waals surface area contributed by atoms with Gasteiger partial charge in [0.05, 0.1) is 0 Å². The first kappa shape index (κ1) is 11.8. The topological polar surface area (TPSA) is 63.3 Å². The molecule has 0 saturated carbocycles. The summed E-state index contributed by atoms with van der Waals surface area (Å²) in [7, 11) is 0. The summed E-state index contributed by atoms with van der Waals surface area (Å²) in [5, 5.41) is 13.1. The van der Waals surface area contributed by atoms with Crippen LogP contribution in [0.3, 0.4) is 0 Å². The Labute approximate surface area is 104 Å². The van der Waals surface area contributed by atoms with E-state index in [1.807, 2.05) is 35.0 Å². The van der Waals surface area contributed by atoms with Crippen LogP contribution in [0.15, 0.2) is 47.2 Å². The molecule has 1 aromatic heterocycles. The molecule has 17 heavy (non-hydrogen) atoms. The highest BCUT2D eigenvalue weighted by molar-refractivity contribution is 7.07. The van der Waals surface area contributed by atoms with Crippen LogP contribution in [0.1, 0.15) is 23.1 Å². The molecule has 1 aromatic carbocycles. The Morgan fingerprint density at radius 2 is 1.88 bits per heavy atom. The zero-order chi connectivity index (χ0) is 12.3. The van der Waals surface area contributed by atoms with Gasteiger partial charge >= 0.3 is 5.97 Å². The smallest absolute Gasteiger partial charge is 0.312 e. The van der Waals surface area contributed by atoms with Crippen LogP contribution in [0.2, 0.25) is 0 Å². The zero-order valence-corrected chi connectivity index (χ0v) is 9.93. The van der Waals surface area contributed by atoms with Crippen molar-refractivity contribution in [2.45, 2.75) is 12.0 Å². The third-order valence-electron chi connectivity index (χ3n) is 2.71. The van der Waals surface area contributed by atoms with Crippen molar-refractivity contribution in [2.24, 2.45) is 5.73 Å². The van der Waals surface area contributed by atoms with Crippen LogP contribution in [0.5, 0.6) is 0 Å². The maximum atomic E-state index is 11.4. The number of benzene rings is 1. The zero-order valence-electron chi connectivity index (χ0n) is 9.11. The van der Waals surface area contributed by atoms with E-state index in [0.29, 0.717) is 0 Å². The van der Waals surface area contributed by atoms with Crippen molar-refractivity contribution < 1.29 is 9.90 Å². The lowest BCUT2D eigenvalue weighted by molar-refractivity contribution is -0.139. The summed E-state index contributed by atoms with van der Waals surface area (Å²) in [6.07, 6.45) is 0. The van der Waals surface area contributed by atoms with Gasteiger partial charge in [0.15, 0.2) is 0 Å². The van der Waals surface area contributed by atoms with Crippen molar-refractivity contribution in [3.8, 4) is 0 Å². The van der Waals surface area contributed by atoms with Crippen molar-refractivity contribution in [1.82, 2.24) is 0 Å². The highest BCUT2D eigenvalue weighted by atomic mass is 32.1. The molecule has 3 nitrogen and oxygen atoms in total. The Morgan fingerprint density at radius 3 is 2.41 bits per heavy atom. The number of hydrogen-bond donors (Lipinski definition) is 2. The van der Waals surface area contributed by atoms with Crippen molar-refractivity contribution in [1.29, 1.82) is 0 Å². The molecule has 0 spiro atoms. The fourth-order valence-electron chi connectivity index (χ4n) is 1.82. The molecule has 0 saturated heterocycles. The minimum Gasteiger partial charge on any atom is -0.481 e. The van der Waals surface area contributed by atoms with Gasteiger partial charge < -0.3 is 10.8 Å². The molecule has 4 heteroatoms. The molecule has 88 valence electrons. The summed E-state index contributed by atoms with van der Waals surface area (Å²) in [5.74, 6) is -1.60. The lowest BCUT2D eigenvalue weighted by atomic mass is 9.89. The number of hydrogen-bond acceptors (Lipinski definition) is 3. The van der Waals surface area contributed by atoms with E-state index in [-0.39, 0.29) is 0 Å². The predicted molar refractivity (Wildman–Crippen MR) is 68.1 cm³/mol. The number of rotatable bonds is 4. The summed E-state index contributed by atoms with van der Waals surface area (Å²) >= 11 is 1.52. The molecular weight excluding hydrogens is 234 g/mol. The lowest BCUT2D eigenvalue weighted by Crippen LogP contribution is -2.26. The van der Waals surface area contributed by atoms with E-state index in [1.54, 1.807) is 12.1 Å². The number of nitrogens with two attached hydrogens (primary N) is 1. The molecule has 0 aliphatic heterocycles. The van der Waals surface area contributed by atoms with Crippen LogP contribution >= 0.6 is 11.3 Å². The number of carbonyl (C=O) groups is 1. The van der Waals surface area contributed by atoms with E-state index in [9.17, 15) is 9.90 Å². The van der Waals surface area contributed by atoms with Crippen LogP contribution in [-0.2, 0) is 4.79 Å². The molecule has 0 radical (unpaired) electrons. The summed E-state index contributed by atoms with van der Waals surface area (Å²) < 4.78 is 0. The van der Waals surface area contributed by atoms with E-state index in [4.69, 9.17) is 5.73 Å². The minimum absolute atomic E-state index is 0.513. The fraction of sp³-hybridized carbons (Fsp3) is 0.154. The van der Waals surface area contributed by atoms with Gasteiger partial charge in [-0.15, -0.1) is 0 Å². The van der Waals surface area contributed by atoms with E-state index in [1.165, 1.54) is 11.3 Å². The van der Waals surface area contributed by atoms with Crippen molar-refractivity contribution in [3.63, 3.8) is 0 Å². The van der Waals surface area contributed by atoms with E-state index >= 15 is 0 Å². The van der Waals surface area contributed by atoms with Gasteiger partial charge in [-0.05, 0) is 28.0 Å². The van der Waals surface area contributed by atoms with Crippen molar-refractivity contribution in [2.75, 3.05) is 0 Å². The Balaban J connectivity index is 2.34. The number of thiophene rings is 1. The molecule has 0 amide bonds. The Morgan fingerprint density at radius 1 is 1.18 bits per heavy atom. The maximum absolute atomic E-state index is 11.4. The van der Waals surface area contributed by atoms with Crippen LogP contribution in [0.25, 0.3) is 0 Å². The molecule has 2 unspecified atom stereocenters. The first-order valence-electron chi connectivity index (χ1n) is 5.25. The first-order chi connectivity index (χ1) is 8.20. The standard InChI is InChI=1S/C13H13NO2S/c14-12(10-6-7-17-8-10)11(13(15)16)9-4-2-1-3-5-9/h1-8,11-12H,14H2,(H,15,16). The van der Waals surface area contributed by atoms with Crippen LogP contribution < -0.4 is 5.73 Å². The first-order valence-corrected chi connectivity index (χ1v) is 6.20. The van der Waals surface area contributed by atoms with Crippen LogP contribution in [-0.4, -0.2) is 11.1 Å². The second kappa shape index (κ2) is 5.12. The summed E-state index contributed by atoms with van der Waals surface area (Å²) in [6, 6.07) is 10.5. The third kappa shape index (κ3) is 2.54. The molecule has 3 N–H and O–H groups in total. The van der Waals surface area contributed by atoms with Gasteiger partial charge in [0, 0.05) is 6.04 Å². The number of carboxylic acid groups (broad SMARTS) is 1. The highest BCUT2D eigenvalue weighted by Crippen LogP contribution is 2.30. The van der Waals surface area contributed by atoms with E-state index < -0.39 is 17.9 Å². The van der Waals surface area contributed by atoms with Gasteiger partial charge in [0.25, 0.3) is 0 Å². The molecule has 2 aromatic rings. The van der Waals surface area contributed by atoms with Gasteiger partial charge in [-0.3, -0.25) is 4.79 Å². The normalized spacial score (nSPS) is 14.2. The molecule has 0 fully saturated rings. The van der Waals surface area contributed by atoms with Crippen molar-refractivity contribution >= 4 is 17.3 Å². The van der Waals surface area contributed by atoms with Crippen LogP contribution in [0, 0.1) is 0 Å². The van der Waals surface area contributed by atoms with Gasteiger partial charge in [0.1, 0.15) is 5.92 Å². The summed E-state index contributed by atoms with van der Waals surface area (Å²) in [5.41, 5.74) is 7.64. The van der Waals surface area contributed by atoms with Gasteiger partial charge in [-0.25, -0.2) is 0 Å². The second-order valence-electron chi connectivity index (χ2n) is 3.81. The third-order valence-corrected chi connectivity index (χ3v) is 3.41. The summed E-state index contributed by atoms with van der Waals surface area (Å²) in [6.45, 7) is 0. The fourth-order valence-corrected chi connectivity index (χ4v) is 2.53. The quantitative estimate of drug-likeness (QED) is 0.873.